The zero-order valence-electron chi connectivity index (χ0n) is 12.8. The number of nitrogens with zero attached hydrogens (tertiary/aromatic N) is 1. The molecule has 0 radical (unpaired) electrons. The molecule has 4 heteroatoms. The molecule has 0 aliphatic carbocycles. The highest BCUT2D eigenvalue weighted by atomic mass is 16.5. The van der Waals surface area contributed by atoms with E-state index in [4.69, 9.17) is 14.7 Å². The Morgan fingerprint density at radius 1 is 1.42 bits per heavy atom. The van der Waals surface area contributed by atoms with Crippen LogP contribution in [0.3, 0.4) is 0 Å². The van der Waals surface area contributed by atoms with Crippen LogP contribution in [0.1, 0.15) is 47.0 Å². The summed E-state index contributed by atoms with van der Waals surface area (Å²) in [5.74, 6) is 0. The van der Waals surface area contributed by atoms with Gasteiger partial charge in [-0.15, -0.1) is 0 Å². The van der Waals surface area contributed by atoms with Crippen molar-refractivity contribution in [3.63, 3.8) is 0 Å². The van der Waals surface area contributed by atoms with Crippen molar-refractivity contribution < 1.29 is 9.47 Å². The smallest absolute Gasteiger partial charge is 0.0940 e. The summed E-state index contributed by atoms with van der Waals surface area (Å²) in [6.07, 6.45) is 3.13. The minimum Gasteiger partial charge on any atom is -0.379 e. The van der Waals surface area contributed by atoms with Crippen LogP contribution >= 0.6 is 0 Å². The highest BCUT2D eigenvalue weighted by Gasteiger charge is 2.28. The maximum Gasteiger partial charge on any atom is 0.0940 e. The van der Waals surface area contributed by atoms with E-state index in [1.54, 1.807) is 0 Å². The van der Waals surface area contributed by atoms with Crippen LogP contribution in [0.4, 0.5) is 0 Å². The summed E-state index contributed by atoms with van der Waals surface area (Å²) < 4.78 is 11.6. The SMILES string of the molecule is CC(C)(C#N)CCCCOCC1CNCC(C)(C)O1. The van der Waals surface area contributed by atoms with Gasteiger partial charge in [-0.1, -0.05) is 0 Å². The first-order chi connectivity index (χ1) is 8.85. The summed E-state index contributed by atoms with van der Waals surface area (Å²) in [5, 5.41) is 12.3. The summed E-state index contributed by atoms with van der Waals surface area (Å²) in [4.78, 5) is 0. The molecule has 0 spiro atoms. The van der Waals surface area contributed by atoms with Crippen LogP contribution in [0.15, 0.2) is 0 Å². The van der Waals surface area contributed by atoms with E-state index in [9.17, 15) is 0 Å². The van der Waals surface area contributed by atoms with Crippen molar-refractivity contribution in [1.29, 1.82) is 5.26 Å². The van der Waals surface area contributed by atoms with E-state index < -0.39 is 0 Å². The Kier molecular flexibility index (Phi) is 6.25. The first kappa shape index (κ1) is 16.4. The predicted octanol–water partition coefficient (Wildman–Crippen LogP) is 2.49. The van der Waals surface area contributed by atoms with Gasteiger partial charge in [-0.3, -0.25) is 0 Å². The molecule has 0 aromatic heterocycles. The lowest BCUT2D eigenvalue weighted by Crippen LogP contribution is -2.51. The molecule has 1 aliphatic rings. The summed E-state index contributed by atoms with van der Waals surface area (Å²) in [5.41, 5.74) is -0.302. The second kappa shape index (κ2) is 7.23. The number of nitrogens with one attached hydrogen (secondary N) is 1. The predicted molar refractivity (Wildman–Crippen MR) is 75.9 cm³/mol. The number of ether oxygens (including phenoxy) is 2. The third kappa shape index (κ3) is 6.91. The molecule has 1 N–H and O–H groups in total. The average molecular weight is 268 g/mol. The molecule has 0 amide bonds. The first-order valence-electron chi connectivity index (χ1n) is 7.22. The molecule has 1 atom stereocenters. The Morgan fingerprint density at radius 2 is 2.16 bits per heavy atom. The lowest BCUT2D eigenvalue weighted by Gasteiger charge is -2.36. The molecule has 1 unspecified atom stereocenters. The fraction of sp³-hybridized carbons (Fsp3) is 0.933. The number of unbranched alkanes of at least 4 members (excludes halogenated alkanes) is 1. The zero-order chi connectivity index (χ0) is 14.4. The highest BCUT2D eigenvalue weighted by molar-refractivity contribution is 4.91. The Labute approximate surface area is 117 Å². The van der Waals surface area contributed by atoms with Crippen LogP contribution in [-0.2, 0) is 9.47 Å². The van der Waals surface area contributed by atoms with Crippen molar-refractivity contribution in [2.75, 3.05) is 26.3 Å². The molecule has 1 saturated heterocycles. The molecular weight excluding hydrogens is 240 g/mol. The minimum atomic E-state index is -0.208. The first-order valence-corrected chi connectivity index (χ1v) is 7.22. The average Bonchev–Trinajstić information content (AvgIpc) is 2.32. The van der Waals surface area contributed by atoms with Gasteiger partial charge in [-0.2, -0.15) is 5.26 Å². The van der Waals surface area contributed by atoms with Crippen LogP contribution in [0.25, 0.3) is 0 Å². The molecule has 4 nitrogen and oxygen atoms in total. The third-order valence-electron chi connectivity index (χ3n) is 3.36. The van der Waals surface area contributed by atoms with E-state index in [2.05, 4.69) is 25.2 Å². The van der Waals surface area contributed by atoms with E-state index in [1.807, 2.05) is 13.8 Å². The van der Waals surface area contributed by atoms with Crippen molar-refractivity contribution in [2.24, 2.45) is 5.41 Å². The molecule has 1 heterocycles. The standard InChI is InChI=1S/C15H28N2O2/c1-14(2,11-16)7-5-6-8-18-10-13-9-17-12-15(3,4)19-13/h13,17H,5-10,12H2,1-4H3. The maximum absolute atomic E-state index is 8.91. The molecule has 1 fully saturated rings. The highest BCUT2D eigenvalue weighted by Crippen LogP contribution is 2.21. The number of hydrogen-bond donors (Lipinski definition) is 1. The van der Waals surface area contributed by atoms with Gasteiger partial charge in [0.2, 0.25) is 0 Å². The van der Waals surface area contributed by atoms with Crippen LogP contribution in [0, 0.1) is 16.7 Å². The van der Waals surface area contributed by atoms with Gasteiger partial charge >= 0.3 is 0 Å². The van der Waals surface area contributed by atoms with Crippen molar-refractivity contribution in [3.8, 4) is 6.07 Å². The normalized spacial score (nSPS) is 23.0. The zero-order valence-corrected chi connectivity index (χ0v) is 12.8. The number of rotatable bonds is 7. The van der Waals surface area contributed by atoms with Gasteiger partial charge in [0.15, 0.2) is 0 Å². The van der Waals surface area contributed by atoms with E-state index in [-0.39, 0.29) is 17.1 Å². The Bertz CT molecular complexity index is 308. The second-order valence-corrected chi connectivity index (χ2v) is 6.66. The van der Waals surface area contributed by atoms with Crippen molar-refractivity contribution in [2.45, 2.75) is 58.7 Å². The minimum absolute atomic E-state index is 0.0942. The number of morpholine rings is 1. The van der Waals surface area contributed by atoms with Gasteiger partial charge < -0.3 is 14.8 Å². The van der Waals surface area contributed by atoms with Gasteiger partial charge in [-0.25, -0.2) is 0 Å². The molecule has 0 bridgehead atoms. The molecule has 110 valence electrons. The third-order valence-corrected chi connectivity index (χ3v) is 3.36. The number of nitriles is 1. The Morgan fingerprint density at radius 3 is 2.79 bits per heavy atom. The van der Waals surface area contributed by atoms with E-state index >= 15 is 0 Å². The Balaban J connectivity index is 2.04. The summed E-state index contributed by atoms with van der Waals surface area (Å²) in [6.45, 7) is 11.3. The van der Waals surface area contributed by atoms with Gasteiger partial charge in [0.25, 0.3) is 0 Å². The fourth-order valence-electron chi connectivity index (χ4n) is 2.20. The quantitative estimate of drug-likeness (QED) is 0.721. The van der Waals surface area contributed by atoms with Gasteiger partial charge in [0.05, 0.1) is 29.8 Å². The van der Waals surface area contributed by atoms with Crippen molar-refractivity contribution in [3.05, 3.63) is 0 Å². The molecule has 0 saturated carbocycles. The summed E-state index contributed by atoms with van der Waals surface area (Å²) in [6, 6.07) is 2.32. The fourth-order valence-corrected chi connectivity index (χ4v) is 2.20. The van der Waals surface area contributed by atoms with Crippen LogP contribution < -0.4 is 5.32 Å². The molecule has 1 aliphatic heterocycles. The lowest BCUT2D eigenvalue weighted by atomic mass is 9.89. The Hall–Kier alpha value is -0.630. The van der Waals surface area contributed by atoms with Crippen molar-refractivity contribution >= 4 is 0 Å². The molecule has 19 heavy (non-hydrogen) atoms. The monoisotopic (exact) mass is 268 g/mol. The topological polar surface area (TPSA) is 54.3 Å². The van der Waals surface area contributed by atoms with Gasteiger partial charge in [0, 0.05) is 19.7 Å². The maximum atomic E-state index is 8.91. The van der Waals surface area contributed by atoms with Gasteiger partial charge in [0.1, 0.15) is 0 Å². The number of hydrogen-bond acceptors (Lipinski definition) is 4. The largest absolute Gasteiger partial charge is 0.379 e. The molecule has 0 aromatic rings. The van der Waals surface area contributed by atoms with Gasteiger partial charge in [-0.05, 0) is 47.0 Å². The summed E-state index contributed by atoms with van der Waals surface area (Å²) >= 11 is 0. The van der Waals surface area contributed by atoms with E-state index in [0.717, 1.165) is 39.0 Å². The lowest BCUT2D eigenvalue weighted by molar-refractivity contribution is -0.120. The van der Waals surface area contributed by atoms with E-state index in [0.29, 0.717) is 6.61 Å². The van der Waals surface area contributed by atoms with Crippen molar-refractivity contribution in [1.82, 2.24) is 5.32 Å². The summed E-state index contributed by atoms with van der Waals surface area (Å²) in [7, 11) is 0. The van der Waals surface area contributed by atoms with Crippen LogP contribution in [-0.4, -0.2) is 38.0 Å². The van der Waals surface area contributed by atoms with Crippen LogP contribution in [0.2, 0.25) is 0 Å². The second-order valence-electron chi connectivity index (χ2n) is 6.66. The molecular formula is C15H28N2O2. The molecule has 0 aromatic carbocycles. The van der Waals surface area contributed by atoms with Crippen LogP contribution in [0.5, 0.6) is 0 Å². The molecule has 1 rings (SSSR count). The van der Waals surface area contributed by atoms with E-state index in [1.165, 1.54) is 0 Å².